The number of rotatable bonds is 7. The van der Waals surface area contributed by atoms with Gasteiger partial charge in [0, 0.05) is 12.7 Å². The first kappa shape index (κ1) is 23.6. The molecule has 0 saturated carbocycles. The van der Waals surface area contributed by atoms with Gasteiger partial charge in [-0.2, -0.15) is 0 Å². The molecule has 3 aromatic rings. The van der Waals surface area contributed by atoms with Crippen LogP contribution in [0.4, 0.5) is 5.82 Å². The Morgan fingerprint density at radius 3 is 2.68 bits per heavy atom. The summed E-state index contributed by atoms with van der Waals surface area (Å²) in [4.78, 5) is 42.9. The van der Waals surface area contributed by atoms with Gasteiger partial charge in [-0.05, 0) is 30.2 Å². The topological polar surface area (TPSA) is 124 Å². The zero-order chi connectivity index (χ0) is 24.4. The molecular weight excluding hydrogens is 476 g/mol. The van der Waals surface area contributed by atoms with Crippen molar-refractivity contribution >= 4 is 57.7 Å². The van der Waals surface area contributed by atoms with Crippen LogP contribution in [0.1, 0.15) is 22.8 Å². The number of carbonyl (C=O) groups is 2. The van der Waals surface area contributed by atoms with Gasteiger partial charge in [-0.3, -0.25) is 23.7 Å². The lowest BCUT2D eigenvalue weighted by Crippen LogP contribution is -2.33. The Balaban J connectivity index is 1.76. The van der Waals surface area contributed by atoms with Gasteiger partial charge >= 0.3 is 5.97 Å². The highest BCUT2D eigenvalue weighted by atomic mass is 32.2. The molecule has 0 spiro atoms. The highest BCUT2D eigenvalue weighted by Crippen LogP contribution is 2.33. The summed E-state index contributed by atoms with van der Waals surface area (Å²) in [5.41, 5.74) is 1.57. The van der Waals surface area contributed by atoms with Crippen molar-refractivity contribution in [2.24, 2.45) is 0 Å². The van der Waals surface area contributed by atoms with Gasteiger partial charge < -0.3 is 15.5 Å². The SMILES string of the molecule is Cc1cccn2c(=O)c(/C=C3\SC(=S)N(CC(=O)O)C3=O)c(NC[C@@H](O)c3ccccc3)nc12. The number of amides is 1. The standard InChI is InChI=1S/C23H20N4O5S2/c1-13-6-5-9-26-20(13)25-19(24-11-16(28)14-7-3-2-4-8-14)15(21(26)31)10-17-22(32)27(12-18(29)30)23(33)34-17/h2-10,16,24,28H,11-12H2,1H3,(H,29,30)/b17-10-/t16-/m1/s1. The molecule has 1 aliphatic heterocycles. The van der Waals surface area contributed by atoms with E-state index in [2.05, 4.69) is 10.3 Å². The molecule has 4 rings (SSSR count). The van der Waals surface area contributed by atoms with Crippen LogP contribution in [-0.2, 0) is 9.59 Å². The number of nitrogens with zero attached hydrogens (tertiary/aromatic N) is 3. The molecule has 0 bridgehead atoms. The summed E-state index contributed by atoms with van der Waals surface area (Å²) >= 11 is 6.06. The summed E-state index contributed by atoms with van der Waals surface area (Å²) in [5.74, 6) is -1.60. The molecule has 1 atom stereocenters. The zero-order valence-electron chi connectivity index (χ0n) is 18.0. The number of carboxylic acid groups (broad SMARTS) is 1. The van der Waals surface area contributed by atoms with E-state index in [-0.39, 0.29) is 27.2 Å². The van der Waals surface area contributed by atoms with Crippen molar-refractivity contribution in [1.82, 2.24) is 14.3 Å². The highest BCUT2D eigenvalue weighted by molar-refractivity contribution is 8.26. The van der Waals surface area contributed by atoms with E-state index < -0.39 is 30.1 Å². The number of aliphatic hydroxyl groups is 1. The lowest BCUT2D eigenvalue weighted by atomic mass is 10.1. The number of thiocarbonyl (C=S) groups is 1. The molecule has 1 saturated heterocycles. The van der Waals surface area contributed by atoms with Crippen LogP contribution in [0, 0.1) is 6.92 Å². The van der Waals surface area contributed by atoms with Gasteiger partial charge in [0.2, 0.25) is 0 Å². The number of pyridine rings is 1. The van der Waals surface area contributed by atoms with Crippen molar-refractivity contribution in [3.05, 3.63) is 80.6 Å². The number of carboxylic acids is 1. The maximum atomic E-state index is 13.4. The van der Waals surface area contributed by atoms with Crippen molar-refractivity contribution in [2.45, 2.75) is 13.0 Å². The van der Waals surface area contributed by atoms with Gasteiger partial charge in [-0.1, -0.05) is 60.4 Å². The molecule has 174 valence electrons. The van der Waals surface area contributed by atoms with Crippen molar-refractivity contribution in [2.75, 3.05) is 18.4 Å². The average molecular weight is 497 g/mol. The van der Waals surface area contributed by atoms with Gasteiger partial charge in [0.15, 0.2) is 0 Å². The Hall–Kier alpha value is -3.54. The molecule has 9 nitrogen and oxygen atoms in total. The van der Waals surface area contributed by atoms with Crippen LogP contribution in [-0.4, -0.2) is 53.8 Å². The largest absolute Gasteiger partial charge is 0.480 e. The van der Waals surface area contributed by atoms with Crippen LogP contribution in [0.25, 0.3) is 11.7 Å². The van der Waals surface area contributed by atoms with Crippen LogP contribution in [0.2, 0.25) is 0 Å². The number of fused-ring (bicyclic) bond motifs is 1. The maximum absolute atomic E-state index is 13.4. The number of aliphatic hydroxyl groups excluding tert-OH is 1. The lowest BCUT2D eigenvalue weighted by Gasteiger charge is -2.15. The first-order valence-corrected chi connectivity index (χ1v) is 11.4. The van der Waals surface area contributed by atoms with Crippen LogP contribution in [0.3, 0.4) is 0 Å². The Kier molecular flexibility index (Phi) is 6.77. The number of hydrogen-bond donors (Lipinski definition) is 3. The molecule has 1 amide bonds. The van der Waals surface area contributed by atoms with Crippen molar-refractivity contribution in [1.29, 1.82) is 0 Å². The van der Waals surface area contributed by atoms with Gasteiger partial charge in [-0.25, -0.2) is 4.98 Å². The highest BCUT2D eigenvalue weighted by Gasteiger charge is 2.34. The van der Waals surface area contributed by atoms with E-state index in [1.54, 1.807) is 24.4 Å². The molecule has 1 aliphatic rings. The molecule has 0 unspecified atom stereocenters. The lowest BCUT2D eigenvalue weighted by molar-refractivity contribution is -0.140. The first-order valence-electron chi connectivity index (χ1n) is 10.2. The number of hydrogen-bond acceptors (Lipinski definition) is 8. The Bertz CT molecular complexity index is 1390. The van der Waals surface area contributed by atoms with Gasteiger partial charge in [0.05, 0.1) is 16.6 Å². The van der Waals surface area contributed by atoms with Crippen LogP contribution < -0.4 is 10.9 Å². The number of thioether (sulfide) groups is 1. The van der Waals surface area contributed by atoms with Crippen LogP contribution in [0.5, 0.6) is 0 Å². The summed E-state index contributed by atoms with van der Waals surface area (Å²) < 4.78 is 1.47. The quantitative estimate of drug-likeness (QED) is 0.334. The van der Waals surface area contributed by atoms with Crippen molar-refractivity contribution < 1.29 is 19.8 Å². The van der Waals surface area contributed by atoms with E-state index in [0.29, 0.717) is 11.2 Å². The Labute approximate surface area is 203 Å². The summed E-state index contributed by atoms with van der Waals surface area (Å²) in [7, 11) is 0. The minimum atomic E-state index is -1.20. The minimum Gasteiger partial charge on any atom is -0.480 e. The molecule has 3 heterocycles. The fourth-order valence-electron chi connectivity index (χ4n) is 3.47. The van der Waals surface area contributed by atoms with E-state index in [1.807, 2.05) is 31.2 Å². The van der Waals surface area contributed by atoms with Crippen molar-refractivity contribution in [3.63, 3.8) is 0 Å². The molecule has 3 N–H and O–H groups in total. The third-order valence-corrected chi connectivity index (χ3v) is 6.55. The second-order valence-corrected chi connectivity index (χ2v) is 9.21. The monoisotopic (exact) mass is 496 g/mol. The zero-order valence-corrected chi connectivity index (χ0v) is 19.6. The van der Waals surface area contributed by atoms with Crippen LogP contribution >= 0.6 is 24.0 Å². The molecule has 0 aliphatic carbocycles. The summed E-state index contributed by atoms with van der Waals surface area (Å²) in [6, 6.07) is 12.6. The van der Waals surface area contributed by atoms with Gasteiger partial charge in [0.25, 0.3) is 11.5 Å². The summed E-state index contributed by atoms with van der Waals surface area (Å²) in [6.45, 7) is 1.32. The number of aliphatic carboxylic acids is 1. The predicted octanol–water partition coefficient (Wildman–Crippen LogP) is 2.43. The first-order chi connectivity index (χ1) is 16.3. The third-order valence-electron chi connectivity index (χ3n) is 5.17. The fourth-order valence-corrected chi connectivity index (χ4v) is 4.70. The van der Waals surface area contributed by atoms with Gasteiger partial charge in [-0.15, -0.1) is 0 Å². The maximum Gasteiger partial charge on any atom is 0.323 e. The summed E-state index contributed by atoms with van der Waals surface area (Å²) in [6.07, 6.45) is 2.08. The normalized spacial score (nSPS) is 15.8. The minimum absolute atomic E-state index is 0.0688. The Morgan fingerprint density at radius 1 is 1.24 bits per heavy atom. The second-order valence-electron chi connectivity index (χ2n) is 7.53. The molecule has 2 aromatic heterocycles. The second kappa shape index (κ2) is 9.75. The average Bonchev–Trinajstić information content (AvgIpc) is 3.07. The Morgan fingerprint density at radius 2 is 1.97 bits per heavy atom. The van der Waals surface area contributed by atoms with Crippen molar-refractivity contribution in [3.8, 4) is 0 Å². The number of anilines is 1. The molecule has 34 heavy (non-hydrogen) atoms. The smallest absolute Gasteiger partial charge is 0.323 e. The number of benzene rings is 1. The van der Waals surface area contributed by atoms with E-state index in [1.165, 1.54) is 10.5 Å². The van der Waals surface area contributed by atoms with E-state index in [0.717, 1.165) is 22.2 Å². The van der Waals surface area contributed by atoms with E-state index >= 15 is 0 Å². The molecule has 11 heteroatoms. The molecule has 1 aromatic carbocycles. The predicted molar refractivity (Wildman–Crippen MR) is 134 cm³/mol. The van der Waals surface area contributed by atoms with Crippen LogP contribution in [0.15, 0.2) is 58.4 Å². The molecular formula is C23H20N4O5S2. The van der Waals surface area contributed by atoms with Gasteiger partial charge in [0.1, 0.15) is 22.3 Å². The number of carbonyl (C=O) groups excluding carboxylic acids is 1. The van der Waals surface area contributed by atoms with E-state index in [9.17, 15) is 19.5 Å². The fraction of sp³-hybridized carbons (Fsp3) is 0.174. The van der Waals surface area contributed by atoms with E-state index in [4.69, 9.17) is 17.3 Å². The number of aryl methyl sites for hydroxylation is 1. The summed E-state index contributed by atoms with van der Waals surface area (Å²) in [5, 5.41) is 22.7. The number of aromatic nitrogens is 2. The number of nitrogens with one attached hydrogen (secondary N) is 1. The molecule has 1 fully saturated rings. The molecule has 0 radical (unpaired) electrons. The third kappa shape index (κ3) is 4.72.